The van der Waals surface area contributed by atoms with Crippen LogP contribution in [0.15, 0.2) is 39.5 Å². The van der Waals surface area contributed by atoms with E-state index in [1.54, 1.807) is 24.3 Å². The maximum absolute atomic E-state index is 12.0. The summed E-state index contributed by atoms with van der Waals surface area (Å²) < 4.78 is 10.4. The van der Waals surface area contributed by atoms with Gasteiger partial charge in [-0.05, 0) is 43.7 Å². The second-order valence-electron chi connectivity index (χ2n) is 6.57. The lowest BCUT2D eigenvalue weighted by Gasteiger charge is -2.26. The Morgan fingerprint density at radius 3 is 2.68 bits per heavy atom. The minimum Gasteiger partial charge on any atom is -0.450 e. The summed E-state index contributed by atoms with van der Waals surface area (Å²) in [5, 5.41) is 3.27. The fourth-order valence-electron chi connectivity index (χ4n) is 3.08. The van der Waals surface area contributed by atoms with Crippen molar-refractivity contribution in [2.75, 3.05) is 6.61 Å². The molecule has 1 amide bonds. The second kappa shape index (κ2) is 7.51. The number of hydrogen-bond donors (Lipinski definition) is 1. The summed E-state index contributed by atoms with van der Waals surface area (Å²) in [4.78, 5) is 36.0. The highest BCUT2D eigenvalue weighted by Crippen LogP contribution is 2.23. The van der Waals surface area contributed by atoms with Crippen LogP contribution in [0.1, 0.15) is 43.2 Å². The van der Waals surface area contributed by atoms with Gasteiger partial charge in [-0.1, -0.05) is 19.1 Å². The first kappa shape index (κ1) is 17.2. The first-order chi connectivity index (χ1) is 12.0. The van der Waals surface area contributed by atoms with Crippen LogP contribution >= 0.6 is 0 Å². The zero-order valence-electron chi connectivity index (χ0n) is 14.1. The van der Waals surface area contributed by atoms with Crippen molar-refractivity contribution in [1.29, 1.82) is 0 Å². The van der Waals surface area contributed by atoms with E-state index in [2.05, 4.69) is 12.2 Å². The molecule has 1 heterocycles. The highest BCUT2D eigenvalue weighted by atomic mass is 16.5. The molecule has 6 nitrogen and oxygen atoms in total. The number of hydrogen-bond acceptors (Lipinski definition) is 5. The molecule has 25 heavy (non-hydrogen) atoms. The lowest BCUT2D eigenvalue weighted by atomic mass is 9.87. The number of ether oxygens (including phenoxy) is 1. The molecule has 0 spiro atoms. The molecule has 1 fully saturated rings. The normalized spacial score (nSPS) is 20.2. The molecule has 6 heteroatoms. The van der Waals surface area contributed by atoms with E-state index in [4.69, 9.17) is 9.15 Å². The van der Waals surface area contributed by atoms with Crippen molar-refractivity contribution in [2.45, 2.75) is 38.6 Å². The quantitative estimate of drug-likeness (QED) is 0.863. The van der Waals surface area contributed by atoms with Gasteiger partial charge in [0.05, 0.1) is 5.39 Å². The van der Waals surface area contributed by atoms with Crippen LogP contribution in [0.3, 0.4) is 0 Å². The molecule has 0 aliphatic heterocycles. The number of esters is 1. The number of amides is 1. The lowest BCUT2D eigenvalue weighted by molar-refractivity contribution is -0.125. The minimum absolute atomic E-state index is 0.140. The summed E-state index contributed by atoms with van der Waals surface area (Å²) >= 11 is 0. The standard InChI is InChI=1S/C19H21NO5/c1-12-6-8-13(9-7-12)20-18(22)11-24-19(23)17-10-15(21)14-4-2-3-5-16(14)25-17/h2-5,10,12-13H,6-9,11H2,1H3,(H,20,22). The van der Waals surface area contributed by atoms with Gasteiger partial charge in [0.15, 0.2) is 12.0 Å². The van der Waals surface area contributed by atoms with Gasteiger partial charge >= 0.3 is 5.97 Å². The van der Waals surface area contributed by atoms with Gasteiger partial charge in [0.1, 0.15) is 5.58 Å². The molecule has 1 aliphatic carbocycles. The van der Waals surface area contributed by atoms with E-state index < -0.39 is 5.97 Å². The van der Waals surface area contributed by atoms with Crippen LogP contribution in [-0.2, 0) is 9.53 Å². The molecule has 3 rings (SSSR count). The zero-order valence-corrected chi connectivity index (χ0v) is 14.1. The molecule has 0 saturated heterocycles. The average Bonchev–Trinajstić information content (AvgIpc) is 2.61. The van der Waals surface area contributed by atoms with Crippen LogP contribution in [0.5, 0.6) is 0 Å². The molecule has 1 N–H and O–H groups in total. The molecular formula is C19H21NO5. The van der Waals surface area contributed by atoms with E-state index in [1.807, 2.05) is 0 Å². The Labute approximate surface area is 145 Å². The number of fused-ring (bicyclic) bond motifs is 1. The third kappa shape index (κ3) is 4.26. The Kier molecular flexibility index (Phi) is 5.16. The molecule has 0 unspecified atom stereocenters. The van der Waals surface area contributed by atoms with Crippen molar-refractivity contribution < 1.29 is 18.7 Å². The molecule has 2 aromatic rings. The summed E-state index contributed by atoms with van der Waals surface area (Å²) in [5.74, 6) is -0.670. The van der Waals surface area contributed by atoms with Crippen molar-refractivity contribution in [3.05, 3.63) is 46.3 Å². The number of benzene rings is 1. The number of nitrogens with one attached hydrogen (secondary N) is 1. The van der Waals surface area contributed by atoms with E-state index >= 15 is 0 Å². The van der Waals surface area contributed by atoms with Gasteiger partial charge in [-0.2, -0.15) is 0 Å². The highest BCUT2D eigenvalue weighted by molar-refractivity contribution is 5.90. The van der Waals surface area contributed by atoms with Crippen molar-refractivity contribution in [1.82, 2.24) is 5.32 Å². The van der Waals surface area contributed by atoms with Gasteiger partial charge in [0.25, 0.3) is 5.91 Å². The first-order valence-corrected chi connectivity index (χ1v) is 8.52. The third-order valence-corrected chi connectivity index (χ3v) is 4.55. The van der Waals surface area contributed by atoms with Crippen molar-refractivity contribution >= 4 is 22.8 Å². The Hall–Kier alpha value is -2.63. The van der Waals surface area contributed by atoms with E-state index in [-0.39, 0.29) is 29.7 Å². The van der Waals surface area contributed by atoms with Crippen LogP contribution in [0.4, 0.5) is 0 Å². The molecular weight excluding hydrogens is 322 g/mol. The molecule has 1 saturated carbocycles. The summed E-state index contributed by atoms with van der Waals surface area (Å²) in [7, 11) is 0. The predicted octanol–water partition coefficient (Wildman–Crippen LogP) is 2.64. The van der Waals surface area contributed by atoms with Crippen LogP contribution in [0.25, 0.3) is 11.0 Å². The molecule has 1 aromatic heterocycles. The van der Waals surface area contributed by atoms with Gasteiger partial charge in [-0.3, -0.25) is 9.59 Å². The van der Waals surface area contributed by atoms with E-state index in [0.29, 0.717) is 16.9 Å². The number of rotatable bonds is 4. The third-order valence-electron chi connectivity index (χ3n) is 4.55. The Morgan fingerprint density at radius 2 is 1.92 bits per heavy atom. The van der Waals surface area contributed by atoms with Crippen molar-refractivity contribution in [3.8, 4) is 0 Å². The summed E-state index contributed by atoms with van der Waals surface area (Å²) in [6, 6.07) is 7.87. The van der Waals surface area contributed by atoms with Gasteiger partial charge in [-0.25, -0.2) is 4.79 Å². The smallest absolute Gasteiger partial charge is 0.374 e. The van der Waals surface area contributed by atoms with Gasteiger partial charge in [0.2, 0.25) is 5.76 Å². The second-order valence-corrected chi connectivity index (χ2v) is 6.57. The highest BCUT2D eigenvalue weighted by Gasteiger charge is 2.21. The van der Waals surface area contributed by atoms with Gasteiger partial charge < -0.3 is 14.5 Å². The topological polar surface area (TPSA) is 85.6 Å². The number of para-hydroxylation sites is 1. The Balaban J connectivity index is 1.57. The predicted molar refractivity (Wildman–Crippen MR) is 92.3 cm³/mol. The fourth-order valence-corrected chi connectivity index (χ4v) is 3.08. The van der Waals surface area contributed by atoms with E-state index in [0.717, 1.165) is 31.7 Å². The monoisotopic (exact) mass is 343 g/mol. The Morgan fingerprint density at radius 1 is 1.20 bits per heavy atom. The fraction of sp³-hybridized carbons (Fsp3) is 0.421. The molecule has 132 valence electrons. The van der Waals surface area contributed by atoms with Crippen LogP contribution in [0.2, 0.25) is 0 Å². The van der Waals surface area contributed by atoms with E-state index in [1.165, 1.54) is 0 Å². The molecule has 0 atom stereocenters. The maximum atomic E-state index is 12.0. The average molecular weight is 343 g/mol. The largest absolute Gasteiger partial charge is 0.450 e. The first-order valence-electron chi connectivity index (χ1n) is 8.52. The van der Waals surface area contributed by atoms with Crippen LogP contribution in [0, 0.1) is 5.92 Å². The molecule has 1 aliphatic rings. The van der Waals surface area contributed by atoms with Crippen molar-refractivity contribution in [3.63, 3.8) is 0 Å². The van der Waals surface area contributed by atoms with Gasteiger partial charge in [-0.15, -0.1) is 0 Å². The van der Waals surface area contributed by atoms with Crippen molar-refractivity contribution in [2.24, 2.45) is 5.92 Å². The minimum atomic E-state index is -0.824. The molecule has 1 aromatic carbocycles. The van der Waals surface area contributed by atoms with Crippen LogP contribution in [-0.4, -0.2) is 24.5 Å². The number of carbonyl (C=O) groups is 2. The van der Waals surface area contributed by atoms with E-state index in [9.17, 15) is 14.4 Å². The zero-order chi connectivity index (χ0) is 17.8. The maximum Gasteiger partial charge on any atom is 0.374 e. The molecule has 0 radical (unpaired) electrons. The summed E-state index contributed by atoms with van der Waals surface area (Å²) in [5.41, 5.74) is -0.0164. The molecule has 0 bridgehead atoms. The van der Waals surface area contributed by atoms with Crippen LogP contribution < -0.4 is 10.7 Å². The lowest BCUT2D eigenvalue weighted by Crippen LogP contribution is -2.39. The SMILES string of the molecule is CC1CCC(NC(=O)COC(=O)c2cc(=O)c3ccccc3o2)CC1. The summed E-state index contributed by atoms with van der Waals surface area (Å²) in [6.45, 7) is 1.82. The Bertz CT molecular complexity index is 833. The van der Waals surface area contributed by atoms with Gasteiger partial charge in [0, 0.05) is 12.1 Å². The number of carbonyl (C=O) groups excluding carboxylic acids is 2. The summed E-state index contributed by atoms with van der Waals surface area (Å²) in [6.07, 6.45) is 4.07.